The van der Waals surface area contributed by atoms with Crippen molar-refractivity contribution >= 4 is 17.7 Å². The number of carbonyl (C=O) groups is 1. The minimum atomic E-state index is -4.50. The van der Waals surface area contributed by atoms with Gasteiger partial charge in [0.25, 0.3) is 5.91 Å². The van der Waals surface area contributed by atoms with Gasteiger partial charge in [-0.2, -0.15) is 24.9 Å². The predicted molar refractivity (Wildman–Crippen MR) is 82.2 cm³/mol. The summed E-state index contributed by atoms with van der Waals surface area (Å²) in [7, 11) is 0. The highest BCUT2D eigenvalue weighted by molar-refractivity contribution is 8.00. The summed E-state index contributed by atoms with van der Waals surface area (Å²) in [5.41, 5.74) is -0.883. The minimum Gasteiger partial charge on any atom is -0.483 e. The monoisotopic (exact) mass is 335 g/mol. The molecule has 1 aromatic rings. The molecule has 0 saturated heterocycles. The molecule has 22 heavy (non-hydrogen) atoms. The first-order chi connectivity index (χ1) is 10.1. The Morgan fingerprint density at radius 1 is 1.23 bits per heavy atom. The number of para-hydroxylation sites is 1. The molecule has 0 bridgehead atoms. The molecule has 0 aliphatic heterocycles. The van der Waals surface area contributed by atoms with E-state index < -0.39 is 24.3 Å². The molecule has 0 saturated carbocycles. The van der Waals surface area contributed by atoms with E-state index in [-0.39, 0.29) is 10.5 Å². The second-order valence-corrected chi connectivity index (χ2v) is 7.52. The number of ether oxygens (including phenoxy) is 1. The number of carbonyl (C=O) groups excluding carboxylic acids is 1. The Balaban J connectivity index is 2.42. The zero-order valence-corrected chi connectivity index (χ0v) is 13.6. The van der Waals surface area contributed by atoms with Crippen LogP contribution in [0, 0.1) is 0 Å². The molecule has 0 spiro atoms. The summed E-state index contributed by atoms with van der Waals surface area (Å²) >= 11 is 1.69. The SMILES string of the molecule is CC(C)(C)SCCNC(=O)COc1ccccc1C(F)(F)F. The Labute approximate surface area is 132 Å². The summed E-state index contributed by atoms with van der Waals surface area (Å²) in [5, 5.41) is 2.62. The standard InChI is InChI=1S/C15H20F3NO2S/c1-14(2,3)22-9-8-19-13(20)10-21-12-7-5-4-6-11(12)15(16,17)18/h4-7H,8-10H2,1-3H3,(H,19,20). The van der Waals surface area contributed by atoms with Crippen molar-refractivity contribution in [1.82, 2.24) is 5.32 Å². The Kier molecular flexibility index (Phi) is 6.59. The summed E-state index contributed by atoms with van der Waals surface area (Å²) in [5.74, 6) is -0.0466. The van der Waals surface area contributed by atoms with Crippen molar-refractivity contribution in [2.75, 3.05) is 18.9 Å². The van der Waals surface area contributed by atoms with Crippen molar-refractivity contribution in [3.05, 3.63) is 29.8 Å². The second-order valence-electron chi connectivity index (χ2n) is 5.59. The van der Waals surface area contributed by atoms with Crippen LogP contribution in [0.15, 0.2) is 24.3 Å². The maximum Gasteiger partial charge on any atom is 0.419 e. The van der Waals surface area contributed by atoms with E-state index in [9.17, 15) is 18.0 Å². The van der Waals surface area contributed by atoms with Gasteiger partial charge in [0, 0.05) is 17.0 Å². The number of hydrogen-bond acceptors (Lipinski definition) is 3. The molecule has 1 aromatic carbocycles. The molecule has 0 aliphatic rings. The smallest absolute Gasteiger partial charge is 0.419 e. The van der Waals surface area contributed by atoms with Crippen LogP contribution >= 0.6 is 11.8 Å². The fourth-order valence-electron chi connectivity index (χ4n) is 1.57. The van der Waals surface area contributed by atoms with Gasteiger partial charge in [-0.25, -0.2) is 0 Å². The van der Waals surface area contributed by atoms with Gasteiger partial charge in [-0.3, -0.25) is 4.79 Å². The van der Waals surface area contributed by atoms with Crippen LogP contribution in [0.3, 0.4) is 0 Å². The van der Waals surface area contributed by atoms with Crippen LogP contribution in [0.1, 0.15) is 26.3 Å². The lowest BCUT2D eigenvalue weighted by Gasteiger charge is -2.17. The Hall–Kier alpha value is -1.37. The molecule has 0 heterocycles. The lowest BCUT2D eigenvalue weighted by molar-refractivity contribution is -0.139. The van der Waals surface area contributed by atoms with E-state index in [1.807, 2.05) is 0 Å². The van der Waals surface area contributed by atoms with Gasteiger partial charge in [0.05, 0.1) is 5.56 Å². The topological polar surface area (TPSA) is 38.3 Å². The highest BCUT2D eigenvalue weighted by atomic mass is 32.2. The molecular formula is C15H20F3NO2S. The molecule has 0 aromatic heterocycles. The third kappa shape index (κ3) is 7.06. The van der Waals surface area contributed by atoms with E-state index in [4.69, 9.17) is 4.74 Å². The molecular weight excluding hydrogens is 315 g/mol. The molecule has 124 valence electrons. The van der Waals surface area contributed by atoms with Crippen molar-refractivity contribution < 1.29 is 22.7 Å². The number of thioether (sulfide) groups is 1. The summed E-state index contributed by atoms with van der Waals surface area (Å²) in [6.07, 6.45) is -4.50. The fraction of sp³-hybridized carbons (Fsp3) is 0.533. The van der Waals surface area contributed by atoms with Gasteiger partial charge < -0.3 is 10.1 Å². The Morgan fingerprint density at radius 3 is 2.45 bits per heavy atom. The average Bonchev–Trinajstić information content (AvgIpc) is 2.39. The largest absolute Gasteiger partial charge is 0.483 e. The number of rotatable bonds is 6. The molecule has 3 nitrogen and oxygen atoms in total. The zero-order valence-electron chi connectivity index (χ0n) is 12.8. The number of halogens is 3. The van der Waals surface area contributed by atoms with Gasteiger partial charge in [-0.15, -0.1) is 0 Å². The van der Waals surface area contributed by atoms with Crippen LogP contribution in [-0.4, -0.2) is 29.6 Å². The van der Waals surface area contributed by atoms with Crippen LogP contribution in [0.2, 0.25) is 0 Å². The molecule has 1 amide bonds. The molecule has 1 N–H and O–H groups in total. The highest BCUT2D eigenvalue weighted by Crippen LogP contribution is 2.35. The van der Waals surface area contributed by atoms with Crippen molar-refractivity contribution in [1.29, 1.82) is 0 Å². The first kappa shape index (κ1) is 18.7. The molecule has 0 aliphatic carbocycles. The van der Waals surface area contributed by atoms with E-state index in [2.05, 4.69) is 26.1 Å². The molecule has 0 radical (unpaired) electrons. The molecule has 0 fully saturated rings. The van der Waals surface area contributed by atoms with Gasteiger partial charge in [0.15, 0.2) is 6.61 Å². The number of nitrogens with one attached hydrogen (secondary N) is 1. The lowest BCUT2D eigenvalue weighted by atomic mass is 10.2. The van der Waals surface area contributed by atoms with Crippen molar-refractivity contribution in [3.63, 3.8) is 0 Å². The quantitative estimate of drug-likeness (QED) is 0.805. The summed E-state index contributed by atoms with van der Waals surface area (Å²) in [4.78, 5) is 11.6. The predicted octanol–water partition coefficient (Wildman–Crippen LogP) is 3.73. The molecule has 1 rings (SSSR count). The van der Waals surface area contributed by atoms with Crippen LogP contribution in [0.5, 0.6) is 5.75 Å². The van der Waals surface area contributed by atoms with E-state index in [0.717, 1.165) is 11.8 Å². The average molecular weight is 335 g/mol. The maximum atomic E-state index is 12.7. The zero-order chi connectivity index (χ0) is 16.8. The van der Waals surface area contributed by atoms with Crippen LogP contribution in [0.4, 0.5) is 13.2 Å². The highest BCUT2D eigenvalue weighted by Gasteiger charge is 2.34. The Bertz CT molecular complexity index is 498. The van der Waals surface area contributed by atoms with Gasteiger partial charge in [0.2, 0.25) is 0 Å². The summed E-state index contributed by atoms with van der Waals surface area (Å²) < 4.78 is 43.3. The van der Waals surface area contributed by atoms with Crippen LogP contribution in [-0.2, 0) is 11.0 Å². The first-order valence-corrected chi connectivity index (χ1v) is 7.78. The Morgan fingerprint density at radius 2 is 1.86 bits per heavy atom. The van der Waals surface area contributed by atoms with Crippen LogP contribution in [0.25, 0.3) is 0 Å². The third-order valence-electron chi connectivity index (χ3n) is 2.51. The lowest BCUT2D eigenvalue weighted by Crippen LogP contribution is -2.31. The van der Waals surface area contributed by atoms with Crippen LogP contribution < -0.4 is 10.1 Å². The van der Waals surface area contributed by atoms with Gasteiger partial charge >= 0.3 is 6.18 Å². The minimum absolute atomic E-state index is 0.104. The third-order valence-corrected chi connectivity index (χ3v) is 3.78. The molecule has 0 atom stereocenters. The van der Waals surface area contributed by atoms with Crippen molar-refractivity contribution in [2.24, 2.45) is 0 Å². The van der Waals surface area contributed by atoms with E-state index >= 15 is 0 Å². The van der Waals surface area contributed by atoms with Gasteiger partial charge in [-0.1, -0.05) is 32.9 Å². The first-order valence-electron chi connectivity index (χ1n) is 6.79. The normalized spacial score (nSPS) is 12.1. The van der Waals surface area contributed by atoms with E-state index in [1.54, 1.807) is 11.8 Å². The van der Waals surface area contributed by atoms with Gasteiger partial charge in [0.1, 0.15) is 5.75 Å². The van der Waals surface area contributed by atoms with Gasteiger partial charge in [-0.05, 0) is 12.1 Å². The fourth-order valence-corrected chi connectivity index (χ4v) is 2.39. The summed E-state index contributed by atoms with van der Waals surface area (Å²) in [6, 6.07) is 4.83. The number of benzene rings is 1. The van der Waals surface area contributed by atoms with E-state index in [1.165, 1.54) is 18.2 Å². The maximum absolute atomic E-state index is 12.7. The number of alkyl halides is 3. The number of hydrogen-bond donors (Lipinski definition) is 1. The second kappa shape index (κ2) is 7.76. The van der Waals surface area contributed by atoms with E-state index in [0.29, 0.717) is 6.54 Å². The van der Waals surface area contributed by atoms with Crippen molar-refractivity contribution in [2.45, 2.75) is 31.7 Å². The molecule has 7 heteroatoms. The number of amides is 1. The summed E-state index contributed by atoms with van der Waals surface area (Å²) in [6.45, 7) is 6.21. The van der Waals surface area contributed by atoms with Crippen molar-refractivity contribution in [3.8, 4) is 5.75 Å². The molecule has 0 unspecified atom stereocenters.